The van der Waals surface area contributed by atoms with Crippen LogP contribution in [0.1, 0.15) is 27.2 Å². The van der Waals surface area contributed by atoms with Crippen molar-refractivity contribution in [2.24, 2.45) is 0 Å². The first-order valence-corrected chi connectivity index (χ1v) is 6.67. The molecule has 1 amide bonds. The highest BCUT2D eigenvalue weighted by atomic mass is 19.1. The number of pyridine rings is 1. The molecule has 2 rings (SSSR count). The van der Waals surface area contributed by atoms with Gasteiger partial charge in [0, 0.05) is 17.3 Å². The quantitative estimate of drug-likeness (QED) is 0.945. The molecule has 0 aliphatic rings. The summed E-state index contributed by atoms with van der Waals surface area (Å²) in [6.45, 7) is 3.72. The Balaban J connectivity index is 2.19. The minimum absolute atomic E-state index is 0.0507. The van der Waals surface area contributed by atoms with Crippen molar-refractivity contribution in [3.63, 3.8) is 0 Å². The van der Waals surface area contributed by atoms with Gasteiger partial charge in [-0.15, -0.1) is 0 Å². The molecule has 0 aliphatic carbocycles. The van der Waals surface area contributed by atoms with E-state index in [1.165, 1.54) is 6.07 Å². The zero-order valence-corrected chi connectivity index (χ0v) is 12.5. The van der Waals surface area contributed by atoms with Gasteiger partial charge in [-0.25, -0.2) is 8.78 Å². The van der Waals surface area contributed by atoms with Gasteiger partial charge in [0.25, 0.3) is 5.91 Å². The molecule has 0 atom stereocenters. The highest BCUT2D eigenvalue weighted by Crippen LogP contribution is 2.23. The third-order valence-electron chi connectivity index (χ3n) is 3.36. The van der Waals surface area contributed by atoms with Crippen LogP contribution in [0.2, 0.25) is 0 Å². The topological polar surface area (TPSA) is 51.2 Å². The minimum Gasteiger partial charge on any atom is -0.496 e. The van der Waals surface area contributed by atoms with E-state index in [-0.39, 0.29) is 6.54 Å². The molecular weight excluding hydrogens is 290 g/mol. The molecule has 1 aromatic carbocycles. The molecule has 0 spiro atoms. The Labute approximate surface area is 127 Å². The summed E-state index contributed by atoms with van der Waals surface area (Å²) in [6.07, 6.45) is 1.62. The van der Waals surface area contributed by atoms with Gasteiger partial charge in [-0.3, -0.25) is 9.78 Å². The zero-order valence-electron chi connectivity index (χ0n) is 12.5. The molecule has 116 valence electrons. The number of halogens is 2. The summed E-state index contributed by atoms with van der Waals surface area (Å²) in [5.74, 6) is -1.94. The van der Waals surface area contributed by atoms with E-state index >= 15 is 0 Å². The number of ether oxygens (including phenoxy) is 1. The third-order valence-corrected chi connectivity index (χ3v) is 3.36. The molecule has 0 saturated heterocycles. The van der Waals surface area contributed by atoms with Gasteiger partial charge in [0.1, 0.15) is 22.9 Å². The van der Waals surface area contributed by atoms with Crippen LogP contribution in [0.25, 0.3) is 0 Å². The van der Waals surface area contributed by atoms with Gasteiger partial charge in [-0.1, -0.05) is 6.07 Å². The molecule has 22 heavy (non-hydrogen) atoms. The Hall–Kier alpha value is -2.50. The molecule has 1 N–H and O–H groups in total. The number of nitrogens with one attached hydrogen (secondary N) is 1. The fraction of sp³-hybridized carbons (Fsp3) is 0.250. The highest BCUT2D eigenvalue weighted by Gasteiger charge is 2.17. The van der Waals surface area contributed by atoms with Crippen LogP contribution in [0.3, 0.4) is 0 Å². The molecule has 6 heteroatoms. The first kappa shape index (κ1) is 15.9. The van der Waals surface area contributed by atoms with E-state index < -0.39 is 23.1 Å². The maximum Gasteiger partial charge on any atom is 0.257 e. The van der Waals surface area contributed by atoms with Crippen LogP contribution in [0.5, 0.6) is 5.75 Å². The highest BCUT2D eigenvalue weighted by molar-refractivity contribution is 5.94. The second-order valence-corrected chi connectivity index (χ2v) is 4.83. The predicted molar refractivity (Wildman–Crippen MR) is 77.8 cm³/mol. The van der Waals surface area contributed by atoms with Crippen LogP contribution >= 0.6 is 0 Å². The normalized spacial score (nSPS) is 10.4. The monoisotopic (exact) mass is 306 g/mol. The van der Waals surface area contributed by atoms with Crippen LogP contribution in [0, 0.1) is 25.5 Å². The molecule has 0 saturated carbocycles. The Morgan fingerprint density at radius 3 is 2.50 bits per heavy atom. The Morgan fingerprint density at radius 1 is 1.27 bits per heavy atom. The van der Waals surface area contributed by atoms with Gasteiger partial charge in [0.05, 0.1) is 19.3 Å². The predicted octanol–water partition coefficient (Wildman–Crippen LogP) is 2.92. The SMILES string of the molecule is COc1c(C)cnc(CNC(=O)c2c(F)cccc2F)c1C. The standard InChI is InChI=1S/C16H16F2N2O2/c1-9-7-19-13(10(2)15(9)22-3)8-20-16(21)14-11(17)5-4-6-12(14)18/h4-7H,8H2,1-3H3,(H,20,21). The maximum absolute atomic E-state index is 13.5. The van der Waals surface area contributed by atoms with Crippen molar-refractivity contribution in [3.05, 3.63) is 58.4 Å². The van der Waals surface area contributed by atoms with Gasteiger partial charge < -0.3 is 10.1 Å². The molecule has 4 nitrogen and oxygen atoms in total. The van der Waals surface area contributed by atoms with E-state index in [2.05, 4.69) is 10.3 Å². The van der Waals surface area contributed by atoms with Crippen LogP contribution in [0.4, 0.5) is 8.78 Å². The Bertz CT molecular complexity index is 697. The van der Waals surface area contributed by atoms with E-state index in [1.807, 2.05) is 13.8 Å². The lowest BCUT2D eigenvalue weighted by atomic mass is 10.1. The molecule has 0 aliphatic heterocycles. The van der Waals surface area contributed by atoms with Crippen LogP contribution < -0.4 is 10.1 Å². The first-order valence-electron chi connectivity index (χ1n) is 6.67. The number of aryl methyl sites for hydroxylation is 1. The first-order chi connectivity index (χ1) is 10.5. The smallest absolute Gasteiger partial charge is 0.257 e. The number of benzene rings is 1. The van der Waals surface area contributed by atoms with Crippen molar-refractivity contribution in [1.82, 2.24) is 10.3 Å². The van der Waals surface area contributed by atoms with Gasteiger partial charge >= 0.3 is 0 Å². The average Bonchev–Trinajstić information content (AvgIpc) is 2.47. The molecule has 0 radical (unpaired) electrons. The molecule has 0 bridgehead atoms. The number of hydrogen-bond acceptors (Lipinski definition) is 3. The van der Waals surface area contributed by atoms with Crippen molar-refractivity contribution >= 4 is 5.91 Å². The summed E-state index contributed by atoms with van der Waals surface area (Å²) in [5, 5.41) is 2.47. The molecule has 1 heterocycles. The van der Waals surface area contributed by atoms with E-state index in [9.17, 15) is 13.6 Å². The fourth-order valence-electron chi connectivity index (χ4n) is 2.22. The molecule has 2 aromatic rings. The lowest BCUT2D eigenvalue weighted by Crippen LogP contribution is -2.26. The second-order valence-electron chi connectivity index (χ2n) is 4.83. The molecular formula is C16H16F2N2O2. The fourth-order valence-corrected chi connectivity index (χ4v) is 2.22. The Morgan fingerprint density at radius 2 is 1.91 bits per heavy atom. The van der Waals surface area contributed by atoms with Crippen molar-refractivity contribution in [2.75, 3.05) is 7.11 Å². The van der Waals surface area contributed by atoms with Crippen molar-refractivity contribution < 1.29 is 18.3 Å². The number of aromatic nitrogens is 1. The van der Waals surface area contributed by atoms with Gasteiger partial charge in [-0.2, -0.15) is 0 Å². The number of carbonyl (C=O) groups is 1. The molecule has 0 fully saturated rings. The van der Waals surface area contributed by atoms with Gasteiger partial charge in [-0.05, 0) is 26.0 Å². The lowest BCUT2D eigenvalue weighted by Gasteiger charge is -2.13. The van der Waals surface area contributed by atoms with Crippen LogP contribution in [0.15, 0.2) is 24.4 Å². The van der Waals surface area contributed by atoms with Crippen molar-refractivity contribution in [3.8, 4) is 5.75 Å². The number of rotatable bonds is 4. The summed E-state index contributed by atoms with van der Waals surface area (Å²) in [4.78, 5) is 16.2. The van der Waals surface area contributed by atoms with Crippen molar-refractivity contribution in [2.45, 2.75) is 20.4 Å². The number of hydrogen-bond donors (Lipinski definition) is 1. The lowest BCUT2D eigenvalue weighted by molar-refractivity contribution is 0.0942. The van der Waals surface area contributed by atoms with E-state index in [4.69, 9.17) is 4.74 Å². The second kappa shape index (κ2) is 6.51. The van der Waals surface area contributed by atoms with Gasteiger partial charge in [0.15, 0.2) is 0 Å². The maximum atomic E-state index is 13.5. The molecule has 1 aromatic heterocycles. The summed E-state index contributed by atoms with van der Waals surface area (Å²) in [5.41, 5.74) is 1.62. The minimum atomic E-state index is -0.899. The van der Waals surface area contributed by atoms with E-state index in [1.54, 1.807) is 13.3 Å². The van der Waals surface area contributed by atoms with Crippen LogP contribution in [-0.2, 0) is 6.54 Å². The largest absolute Gasteiger partial charge is 0.496 e. The zero-order chi connectivity index (χ0) is 16.3. The number of carbonyl (C=O) groups excluding carboxylic acids is 1. The summed E-state index contributed by atoms with van der Waals surface area (Å²) >= 11 is 0. The number of methoxy groups -OCH3 is 1. The Kier molecular flexibility index (Phi) is 4.70. The summed E-state index contributed by atoms with van der Waals surface area (Å²) in [7, 11) is 1.55. The van der Waals surface area contributed by atoms with Crippen molar-refractivity contribution in [1.29, 1.82) is 0 Å². The number of amides is 1. The van der Waals surface area contributed by atoms with Gasteiger partial charge in [0.2, 0.25) is 0 Å². The average molecular weight is 306 g/mol. The summed E-state index contributed by atoms with van der Waals surface area (Å²) < 4.78 is 32.4. The third kappa shape index (κ3) is 3.05. The van der Waals surface area contributed by atoms with E-state index in [0.717, 1.165) is 23.3 Å². The van der Waals surface area contributed by atoms with Crippen LogP contribution in [-0.4, -0.2) is 18.0 Å². The summed E-state index contributed by atoms with van der Waals surface area (Å²) in [6, 6.07) is 3.28. The van der Waals surface area contributed by atoms with E-state index in [0.29, 0.717) is 11.4 Å². The number of nitrogens with zero attached hydrogens (tertiary/aromatic N) is 1. The molecule has 0 unspecified atom stereocenters.